The molecular weight excluding hydrogens is 1940 g/mol. The van der Waals surface area contributed by atoms with Gasteiger partial charge < -0.3 is 114 Å². The van der Waals surface area contributed by atoms with Crippen LogP contribution >= 0.6 is 11.6 Å². The minimum Gasteiger partial charge on any atom is -0.508 e. The van der Waals surface area contributed by atoms with Crippen molar-refractivity contribution in [3.05, 3.63) is 200 Å². The second-order valence-electron chi connectivity index (χ2n) is 37.3. The number of benzene rings is 4. The van der Waals surface area contributed by atoms with E-state index in [0.29, 0.717) is 143 Å². The predicted molar refractivity (Wildman–Crippen MR) is 563 cm³/mol. The first-order valence-electron chi connectivity index (χ1n) is 51.9. The topological polar surface area (TPSA) is 528 Å². The lowest BCUT2D eigenvalue weighted by Gasteiger charge is -2.26. The molecule has 0 bridgehead atoms. The fraction of sp³-hybridized carbons (Fsp3) is 0.527. The van der Waals surface area contributed by atoms with Crippen LogP contribution in [0.25, 0.3) is 10.4 Å². The van der Waals surface area contributed by atoms with E-state index in [2.05, 4.69) is 44.5 Å². The number of amides is 4. The number of ether oxygens (including phenoxy) is 6. The number of hydrogen-bond acceptors (Lipinski definition) is 32. The van der Waals surface area contributed by atoms with Crippen LogP contribution in [0.15, 0.2) is 165 Å². The quantitative estimate of drug-likeness (QED) is 0.00435. The number of unbranched alkanes of at least 4 members (excludes halogenated alkanes) is 2. The second kappa shape index (κ2) is 65.9. The van der Waals surface area contributed by atoms with Crippen molar-refractivity contribution >= 4 is 82.0 Å². The highest BCUT2D eigenvalue weighted by atomic mass is 35.5. The number of cyclic esters (lactones) is 4. The summed E-state index contributed by atoms with van der Waals surface area (Å²) in [5.74, 6) is -6.12. The number of nitrogens with zero attached hydrogens (tertiary/aromatic N) is 11. The van der Waals surface area contributed by atoms with Crippen LogP contribution in [0.3, 0.4) is 0 Å². The number of allylic oxidation sites excluding steroid dienone is 8. The number of piperidine rings is 4. The molecule has 0 spiro atoms. The Morgan fingerprint density at radius 1 is 0.403 bits per heavy atom. The lowest BCUT2D eigenvalue weighted by Crippen LogP contribution is -2.37. The Morgan fingerprint density at radius 3 is 1.09 bits per heavy atom. The van der Waals surface area contributed by atoms with E-state index in [1.165, 1.54) is 18.2 Å². The van der Waals surface area contributed by atoms with E-state index in [-0.39, 0.29) is 162 Å². The smallest absolute Gasteiger partial charge is 0.342 e. The zero-order chi connectivity index (χ0) is 107. The van der Waals surface area contributed by atoms with Gasteiger partial charge in [0.05, 0.1) is 40.1 Å². The summed E-state index contributed by atoms with van der Waals surface area (Å²) in [6.45, 7) is 14.4. The molecule has 12 rings (SSSR count). The van der Waals surface area contributed by atoms with Gasteiger partial charge in [-0.25, -0.2) is 19.2 Å². The Hall–Kier alpha value is -13.7. The molecule has 810 valence electrons. The Labute approximate surface area is 875 Å². The van der Waals surface area contributed by atoms with E-state index in [1.54, 1.807) is 57.8 Å². The van der Waals surface area contributed by atoms with Crippen LogP contribution in [0, 0.1) is 0 Å². The molecule has 4 saturated heterocycles. The third-order valence-electron chi connectivity index (χ3n) is 25.1. The number of rotatable bonds is 25. The molecule has 4 fully saturated rings. The summed E-state index contributed by atoms with van der Waals surface area (Å²) in [6.07, 6.45) is 51.1. The van der Waals surface area contributed by atoms with E-state index in [4.69, 9.17) is 70.6 Å². The van der Waals surface area contributed by atoms with Gasteiger partial charge in [0.1, 0.15) is 92.7 Å². The second-order valence-corrected chi connectivity index (χ2v) is 37.7. The maximum Gasteiger partial charge on any atom is 0.342 e. The van der Waals surface area contributed by atoms with Crippen molar-refractivity contribution in [1.29, 1.82) is 0 Å². The molecular formula is C110H147ClN12O26. The lowest BCUT2D eigenvalue weighted by molar-refractivity contribution is -0.137. The van der Waals surface area contributed by atoms with Gasteiger partial charge in [-0.2, -0.15) is 0 Å². The van der Waals surface area contributed by atoms with E-state index in [0.717, 1.165) is 172 Å². The SMILES string of the molecule is CCCCOC1C=CC[C@@H](C)OC(=O)c2c(O)cc(O)cc2CC(=N/OCC(=O)N2CCCCC2)/C=C/C1.CCCCOC1C=CC[C@@H](C)OC(=O)c2c(O)cc(O)cc2CC(=N\OCC(=O)N2CCCCC2)/C=C/C1.NCCC1C/C=C/CC/C=C/C(=NOCC(=O)N2CCCCC2)Cc2c(Cl)c(O)cc(O)c2C(=O)O1.[N-]=[N+]=NCCC1C/C=C/CC/C=C/C(=NOCC(=O)N2CCCCC2)Cc2cc(O)cc(O)c2C(=O)O1. The fourth-order valence-electron chi connectivity index (χ4n) is 17.2. The number of fused-ring (bicyclic) bond motifs is 4. The molecule has 0 aromatic heterocycles. The number of oxime groups is 4. The fourth-order valence-corrected chi connectivity index (χ4v) is 17.4. The van der Waals surface area contributed by atoms with Crippen LogP contribution in [-0.2, 0) is 92.6 Å². The maximum atomic E-state index is 13.1. The molecule has 39 heteroatoms. The first-order valence-corrected chi connectivity index (χ1v) is 52.3. The standard InChI is InChI=1S/2C29H40N2O7.C26H34ClN3O6.C26H33N5O6/c2*1-3-4-16-36-25-12-8-10-21(2)38-29(35)28-22(18-24(32)19-26(28)33)17-23(11-9-13-25)30-37-20-27(34)31-14-6-5-7-15-31;27-25-20-15-18(29-35-17-23(33)30-13-7-4-8-14-30)9-5-2-1-3-6-10-19(11-12-28)36-26(34)24(20)21(31)16-22(25)32;27-30-28-12-11-22-10-6-3-1-2-5-9-20(29-36-18-24(34)31-13-7-4-8-14-31)15-19-16-21(32)17-23(33)25(19)26(35)37-22/h2*8-9,11-12,18-19,21,25,32-33H,3-7,10,13-17,20H2,1-2H3;3,5-6,9,16,19,31-32H,1-2,4,7-8,10-15,17,28H2;3,5-6,9,16-17,22,32-33H,1-2,4,7-8,10-15,18H2/b11-9+,12-8?,30-23+;11-9+,12-8?,30-23-;6-3+,9-5+,29-18?;6-3+,9-5+,29-20?/t2*21-,25?;;/m11../s1. The Balaban J connectivity index is 0.000000221. The van der Waals surface area contributed by atoms with Gasteiger partial charge in [-0.1, -0.05) is 137 Å². The number of likely N-dealkylation sites (tertiary alicyclic amines) is 4. The number of esters is 4. The number of azide groups is 1. The van der Waals surface area contributed by atoms with E-state index in [9.17, 15) is 79.2 Å². The number of carbonyl (C=O) groups is 8. The molecule has 4 aromatic rings. The molecule has 4 unspecified atom stereocenters. The van der Waals surface area contributed by atoms with Gasteiger partial charge in [0.2, 0.25) is 0 Å². The Bertz CT molecular complexity index is 5320. The van der Waals surface area contributed by atoms with Crippen LogP contribution in [0.2, 0.25) is 5.02 Å². The number of phenolic OH excluding ortho intramolecular Hbond substituents is 8. The average molecular weight is 2090 g/mol. The number of hydrogen-bond donors (Lipinski definition) is 9. The predicted octanol–water partition coefficient (Wildman–Crippen LogP) is 17.7. The van der Waals surface area contributed by atoms with Gasteiger partial charge in [-0.3, -0.25) is 19.2 Å². The molecule has 6 atom stereocenters. The summed E-state index contributed by atoms with van der Waals surface area (Å²) in [5.41, 5.74) is 16.6. The molecule has 0 radical (unpaired) electrons. The van der Waals surface area contributed by atoms with Gasteiger partial charge in [0, 0.05) is 153 Å². The third-order valence-corrected chi connectivity index (χ3v) is 25.6. The summed E-state index contributed by atoms with van der Waals surface area (Å²) in [7, 11) is 0. The molecule has 4 aromatic carbocycles. The minimum atomic E-state index is -0.780. The summed E-state index contributed by atoms with van der Waals surface area (Å²) in [4.78, 5) is 134. The first-order chi connectivity index (χ1) is 72.1. The molecule has 8 heterocycles. The lowest BCUT2D eigenvalue weighted by atomic mass is 9.99. The normalized spacial score (nSPS) is 22.4. The molecule has 4 amide bonds. The van der Waals surface area contributed by atoms with Crippen molar-refractivity contribution < 1.29 is 127 Å². The number of phenols is 8. The van der Waals surface area contributed by atoms with E-state index in [1.807, 2.05) is 72.9 Å². The van der Waals surface area contributed by atoms with Crippen molar-refractivity contribution in [2.45, 2.75) is 270 Å². The summed E-state index contributed by atoms with van der Waals surface area (Å²) in [6, 6.07) is 8.43. The molecule has 10 N–H and O–H groups in total. The third kappa shape index (κ3) is 42.1. The summed E-state index contributed by atoms with van der Waals surface area (Å²) >= 11 is 6.37. The highest BCUT2D eigenvalue weighted by Crippen LogP contribution is 2.39. The number of halogens is 1. The van der Waals surface area contributed by atoms with Crippen LogP contribution < -0.4 is 5.73 Å². The minimum absolute atomic E-state index is 0.0399. The summed E-state index contributed by atoms with van der Waals surface area (Å²) in [5, 5.41) is 103. The largest absolute Gasteiger partial charge is 0.508 e. The number of carbonyl (C=O) groups excluding carboxylic acids is 8. The molecule has 8 aliphatic rings. The molecule has 38 nitrogen and oxygen atoms in total. The van der Waals surface area contributed by atoms with Gasteiger partial charge in [0.15, 0.2) is 26.4 Å². The highest BCUT2D eigenvalue weighted by Gasteiger charge is 2.32. The Morgan fingerprint density at radius 2 is 0.732 bits per heavy atom. The number of aromatic hydroxyl groups is 8. The van der Waals surface area contributed by atoms with Crippen molar-refractivity contribution in [3.8, 4) is 46.0 Å². The average Bonchev–Trinajstić information content (AvgIpc) is 0.805. The highest BCUT2D eigenvalue weighted by molar-refractivity contribution is 6.33. The monoisotopic (exact) mass is 2090 g/mol. The van der Waals surface area contributed by atoms with Crippen LogP contribution in [-0.4, -0.2) is 273 Å². The zero-order valence-corrected chi connectivity index (χ0v) is 86.7. The maximum absolute atomic E-state index is 13.1. The van der Waals surface area contributed by atoms with Gasteiger partial charge in [-0.05, 0) is 232 Å². The van der Waals surface area contributed by atoms with Crippen molar-refractivity contribution in [2.24, 2.45) is 31.5 Å². The molecule has 0 aliphatic carbocycles. The number of nitrogens with two attached hydrogens (primary N) is 1. The van der Waals surface area contributed by atoms with Gasteiger partial charge >= 0.3 is 23.9 Å². The van der Waals surface area contributed by atoms with Crippen molar-refractivity contribution in [1.82, 2.24) is 19.6 Å². The molecule has 149 heavy (non-hydrogen) atoms. The Kier molecular flexibility index (Phi) is 52.6. The summed E-state index contributed by atoms with van der Waals surface area (Å²) < 4.78 is 34.5. The van der Waals surface area contributed by atoms with Crippen molar-refractivity contribution in [2.75, 3.05) is 105 Å². The van der Waals surface area contributed by atoms with Crippen molar-refractivity contribution in [3.63, 3.8) is 0 Å². The van der Waals surface area contributed by atoms with Crippen LogP contribution in [0.5, 0.6) is 46.0 Å². The van der Waals surface area contributed by atoms with Gasteiger partial charge in [0.25, 0.3) is 23.6 Å². The van der Waals surface area contributed by atoms with E-state index < -0.39 is 59.8 Å². The van der Waals surface area contributed by atoms with Gasteiger partial charge in [-0.15, -0.1) is 0 Å². The van der Waals surface area contributed by atoms with E-state index >= 15 is 0 Å². The van der Waals surface area contributed by atoms with Crippen LogP contribution in [0.1, 0.15) is 271 Å². The van der Waals surface area contributed by atoms with Crippen LogP contribution in [0.4, 0.5) is 0 Å². The molecule has 8 aliphatic heterocycles. The first kappa shape index (κ1) is 119. The zero-order valence-electron chi connectivity index (χ0n) is 86.0. The molecule has 0 saturated carbocycles.